The predicted molar refractivity (Wildman–Crippen MR) is 93.7 cm³/mol. The van der Waals surface area contributed by atoms with Crippen LogP contribution in [0.15, 0.2) is 4.99 Å². The maximum absolute atomic E-state index is 12.8. The third-order valence-electron chi connectivity index (χ3n) is 4.33. The second-order valence-electron chi connectivity index (χ2n) is 6.24. The van der Waals surface area contributed by atoms with Crippen molar-refractivity contribution in [1.82, 2.24) is 10.6 Å². The molecule has 7 heteroatoms. The van der Waals surface area contributed by atoms with Gasteiger partial charge in [-0.3, -0.25) is 4.99 Å². The molecule has 2 atom stereocenters. The molecule has 0 saturated heterocycles. The Hall–Kier alpha value is -0.210. The number of alkyl halides is 3. The van der Waals surface area contributed by atoms with Crippen LogP contribution in [0.2, 0.25) is 0 Å². The molecule has 3 nitrogen and oxygen atoms in total. The van der Waals surface area contributed by atoms with Gasteiger partial charge in [-0.25, -0.2) is 0 Å². The fourth-order valence-electron chi connectivity index (χ4n) is 2.90. The molecule has 2 rings (SSSR count). The quantitative estimate of drug-likeness (QED) is 0.390. The van der Waals surface area contributed by atoms with Crippen molar-refractivity contribution in [2.45, 2.75) is 64.1 Å². The van der Waals surface area contributed by atoms with Crippen molar-refractivity contribution in [1.29, 1.82) is 0 Å². The first kappa shape index (κ1) is 19.8. The third-order valence-corrected chi connectivity index (χ3v) is 4.33. The molecule has 0 radical (unpaired) electrons. The van der Waals surface area contributed by atoms with Crippen LogP contribution >= 0.6 is 24.0 Å². The molecule has 130 valence electrons. The van der Waals surface area contributed by atoms with Crippen molar-refractivity contribution < 1.29 is 13.2 Å². The number of nitrogens with one attached hydrogen (secondary N) is 2. The molecule has 0 aromatic heterocycles. The molecule has 0 bridgehead atoms. The highest BCUT2D eigenvalue weighted by molar-refractivity contribution is 14.0. The summed E-state index contributed by atoms with van der Waals surface area (Å²) in [6, 6.07) is -0.121. The van der Waals surface area contributed by atoms with Crippen LogP contribution in [0.25, 0.3) is 0 Å². The fourth-order valence-corrected chi connectivity index (χ4v) is 2.90. The van der Waals surface area contributed by atoms with E-state index in [0.717, 1.165) is 31.8 Å². The lowest BCUT2D eigenvalue weighted by molar-refractivity contribution is -0.183. The number of hydrogen-bond donors (Lipinski definition) is 2. The van der Waals surface area contributed by atoms with Crippen molar-refractivity contribution in [3.63, 3.8) is 0 Å². The van der Waals surface area contributed by atoms with E-state index in [2.05, 4.69) is 15.6 Å². The summed E-state index contributed by atoms with van der Waals surface area (Å²) in [5.74, 6) is 0.324. The Labute approximate surface area is 147 Å². The molecule has 0 amide bonds. The number of nitrogens with zero attached hydrogens (tertiary/aromatic N) is 1. The van der Waals surface area contributed by atoms with Gasteiger partial charge in [0.2, 0.25) is 0 Å². The van der Waals surface area contributed by atoms with Gasteiger partial charge in [-0.15, -0.1) is 24.0 Å². The molecule has 2 fully saturated rings. The molecule has 2 unspecified atom stereocenters. The van der Waals surface area contributed by atoms with Gasteiger partial charge in [0.15, 0.2) is 5.96 Å². The first-order chi connectivity index (χ1) is 9.99. The van der Waals surface area contributed by atoms with Crippen LogP contribution in [-0.4, -0.2) is 31.3 Å². The zero-order chi connectivity index (χ0) is 15.3. The minimum atomic E-state index is -4.07. The summed E-state index contributed by atoms with van der Waals surface area (Å²) in [7, 11) is 0. The van der Waals surface area contributed by atoms with Crippen LogP contribution in [-0.2, 0) is 0 Å². The molecule has 0 aliphatic heterocycles. The summed E-state index contributed by atoms with van der Waals surface area (Å²) < 4.78 is 38.5. The van der Waals surface area contributed by atoms with E-state index in [1.54, 1.807) is 0 Å². The molecule has 2 aliphatic rings. The normalized spacial score (nSPS) is 26.3. The summed E-state index contributed by atoms with van der Waals surface area (Å²) in [6.07, 6.45) is 1.47. The Kier molecular flexibility index (Phi) is 8.27. The van der Waals surface area contributed by atoms with Gasteiger partial charge in [0.25, 0.3) is 0 Å². The van der Waals surface area contributed by atoms with Crippen LogP contribution in [0.5, 0.6) is 0 Å². The van der Waals surface area contributed by atoms with Gasteiger partial charge < -0.3 is 10.6 Å². The highest BCUT2D eigenvalue weighted by Crippen LogP contribution is 2.37. The molecular formula is C15H27F3IN3. The molecule has 2 aliphatic carbocycles. The van der Waals surface area contributed by atoms with Crippen LogP contribution < -0.4 is 10.6 Å². The summed E-state index contributed by atoms with van der Waals surface area (Å²) in [5.41, 5.74) is 0. The maximum atomic E-state index is 12.8. The summed E-state index contributed by atoms with van der Waals surface area (Å²) in [5, 5.41) is 6.33. The lowest BCUT2D eigenvalue weighted by Gasteiger charge is -2.31. The predicted octanol–water partition coefficient (Wildman–Crippen LogP) is 4.08. The Morgan fingerprint density at radius 2 is 1.91 bits per heavy atom. The van der Waals surface area contributed by atoms with Gasteiger partial charge in [-0.1, -0.05) is 19.3 Å². The number of halogens is 4. The maximum Gasteiger partial charge on any atom is 0.391 e. The number of hydrogen-bond acceptors (Lipinski definition) is 1. The minimum Gasteiger partial charge on any atom is -0.357 e. The monoisotopic (exact) mass is 433 g/mol. The summed E-state index contributed by atoms with van der Waals surface area (Å²) in [4.78, 5) is 4.49. The Morgan fingerprint density at radius 1 is 1.18 bits per heavy atom. The Bertz CT molecular complexity index is 356. The average Bonchev–Trinajstić information content (AvgIpc) is 3.22. The van der Waals surface area contributed by atoms with Crippen molar-refractivity contribution >= 4 is 29.9 Å². The van der Waals surface area contributed by atoms with Crippen molar-refractivity contribution in [3.05, 3.63) is 0 Å². The number of guanidine groups is 1. The van der Waals surface area contributed by atoms with Crippen molar-refractivity contribution in [2.75, 3.05) is 13.1 Å². The van der Waals surface area contributed by atoms with Gasteiger partial charge in [-0.05, 0) is 38.5 Å². The highest BCUT2D eigenvalue weighted by Gasteiger charge is 2.42. The SMILES string of the molecule is CCNC(=NCCC1CC1)NC1CCCC(C(F)(F)F)C1.I. The highest BCUT2D eigenvalue weighted by atomic mass is 127. The summed E-state index contributed by atoms with van der Waals surface area (Å²) in [6.45, 7) is 3.46. The molecule has 22 heavy (non-hydrogen) atoms. The van der Waals surface area contributed by atoms with E-state index in [1.165, 1.54) is 12.8 Å². The molecule has 2 N–H and O–H groups in total. The topological polar surface area (TPSA) is 36.4 Å². The van der Waals surface area contributed by atoms with Gasteiger partial charge in [0, 0.05) is 19.1 Å². The minimum absolute atomic E-state index is 0. The van der Waals surface area contributed by atoms with Gasteiger partial charge in [0.1, 0.15) is 0 Å². The molecule has 0 spiro atoms. The first-order valence-corrected chi connectivity index (χ1v) is 8.10. The Morgan fingerprint density at radius 3 is 2.50 bits per heavy atom. The van der Waals surface area contributed by atoms with Crippen molar-refractivity contribution in [2.24, 2.45) is 16.8 Å². The average molecular weight is 433 g/mol. The van der Waals surface area contributed by atoms with E-state index < -0.39 is 12.1 Å². The number of aliphatic imine (C=N–C) groups is 1. The second-order valence-corrected chi connectivity index (χ2v) is 6.24. The van der Waals surface area contributed by atoms with Crippen LogP contribution in [0, 0.1) is 11.8 Å². The molecule has 0 aromatic carbocycles. The van der Waals surface area contributed by atoms with Gasteiger partial charge >= 0.3 is 6.18 Å². The van der Waals surface area contributed by atoms with E-state index in [4.69, 9.17) is 0 Å². The fraction of sp³-hybridized carbons (Fsp3) is 0.933. The van der Waals surface area contributed by atoms with Crippen LogP contribution in [0.1, 0.15) is 51.9 Å². The van der Waals surface area contributed by atoms with E-state index in [-0.39, 0.29) is 42.9 Å². The molecule has 0 aromatic rings. The smallest absolute Gasteiger partial charge is 0.357 e. The van der Waals surface area contributed by atoms with E-state index in [1.807, 2.05) is 6.92 Å². The zero-order valence-electron chi connectivity index (χ0n) is 13.1. The van der Waals surface area contributed by atoms with Gasteiger partial charge in [0.05, 0.1) is 5.92 Å². The van der Waals surface area contributed by atoms with E-state index in [9.17, 15) is 13.2 Å². The molecular weight excluding hydrogens is 406 g/mol. The molecule has 0 heterocycles. The standard InChI is InChI=1S/C15H26F3N3.HI/c1-2-19-14(20-9-8-11-6-7-11)21-13-5-3-4-12(10-13)15(16,17)18;/h11-13H,2-10H2,1H3,(H2,19,20,21);1H. The van der Waals surface area contributed by atoms with Crippen LogP contribution in [0.4, 0.5) is 13.2 Å². The lowest BCUT2D eigenvalue weighted by Crippen LogP contribution is -2.46. The van der Waals surface area contributed by atoms with Crippen LogP contribution in [0.3, 0.4) is 0 Å². The summed E-state index contributed by atoms with van der Waals surface area (Å²) >= 11 is 0. The zero-order valence-corrected chi connectivity index (χ0v) is 15.4. The van der Waals surface area contributed by atoms with E-state index in [0.29, 0.717) is 12.4 Å². The Balaban J connectivity index is 0.00000242. The lowest BCUT2D eigenvalue weighted by atomic mass is 9.85. The second kappa shape index (κ2) is 9.17. The first-order valence-electron chi connectivity index (χ1n) is 8.10. The van der Waals surface area contributed by atoms with Crippen molar-refractivity contribution in [3.8, 4) is 0 Å². The number of rotatable bonds is 5. The third kappa shape index (κ3) is 6.91. The molecule has 2 saturated carbocycles. The largest absolute Gasteiger partial charge is 0.391 e. The van der Waals surface area contributed by atoms with E-state index >= 15 is 0 Å². The van der Waals surface area contributed by atoms with Gasteiger partial charge in [-0.2, -0.15) is 13.2 Å².